The van der Waals surface area contributed by atoms with Gasteiger partial charge in [-0.2, -0.15) is 0 Å². The van der Waals surface area contributed by atoms with Crippen LogP contribution in [-0.4, -0.2) is 19.2 Å². The maximum absolute atomic E-state index is 8.92. The van der Waals surface area contributed by atoms with Crippen LogP contribution in [0.2, 0.25) is 0 Å². The van der Waals surface area contributed by atoms with E-state index in [2.05, 4.69) is 11.8 Å². The van der Waals surface area contributed by atoms with E-state index in [1.165, 1.54) is 11.3 Å². The number of aryl methyl sites for hydroxylation is 1. The molecule has 0 unspecified atom stereocenters. The van der Waals surface area contributed by atoms with Crippen molar-refractivity contribution < 1.29 is 5.11 Å². The molecule has 0 atom stereocenters. The number of rotatable bonds is 2. The molecule has 0 aliphatic heterocycles. The van der Waals surface area contributed by atoms with E-state index < -0.39 is 0 Å². The van der Waals surface area contributed by atoms with Crippen LogP contribution in [0, 0.1) is 6.92 Å². The number of anilines is 1. The van der Waals surface area contributed by atoms with Crippen LogP contribution in [-0.2, 0) is 6.61 Å². The van der Waals surface area contributed by atoms with Gasteiger partial charge in [-0.15, -0.1) is 0 Å². The van der Waals surface area contributed by atoms with Gasteiger partial charge in [-0.1, -0.05) is 12.1 Å². The Labute approximate surface area is 73.4 Å². The van der Waals surface area contributed by atoms with Gasteiger partial charge in [-0.25, -0.2) is 0 Å². The molecule has 0 radical (unpaired) electrons. The monoisotopic (exact) mass is 165 g/mol. The van der Waals surface area contributed by atoms with Gasteiger partial charge in [-0.3, -0.25) is 0 Å². The predicted molar refractivity (Wildman–Crippen MR) is 51.4 cm³/mol. The van der Waals surface area contributed by atoms with Crippen molar-refractivity contribution in [1.82, 2.24) is 0 Å². The maximum Gasteiger partial charge on any atom is 0.0682 e. The quantitative estimate of drug-likeness (QED) is 0.718. The number of hydrogen-bond donors (Lipinski definition) is 1. The summed E-state index contributed by atoms with van der Waals surface area (Å²) in [6, 6.07) is 5.98. The first-order valence-electron chi connectivity index (χ1n) is 4.03. The third-order valence-electron chi connectivity index (χ3n) is 1.94. The Morgan fingerprint density at radius 1 is 1.33 bits per heavy atom. The smallest absolute Gasteiger partial charge is 0.0682 e. The highest BCUT2D eigenvalue weighted by molar-refractivity contribution is 5.53. The molecule has 1 N–H and O–H groups in total. The normalized spacial score (nSPS) is 10.0. The van der Waals surface area contributed by atoms with Crippen molar-refractivity contribution in [3.05, 3.63) is 29.3 Å². The summed E-state index contributed by atoms with van der Waals surface area (Å²) < 4.78 is 0. The van der Waals surface area contributed by atoms with Gasteiger partial charge in [0.1, 0.15) is 0 Å². The second-order valence-electron chi connectivity index (χ2n) is 3.17. The Morgan fingerprint density at radius 2 is 2.00 bits per heavy atom. The molecular formula is C10H15NO. The third kappa shape index (κ3) is 1.77. The predicted octanol–water partition coefficient (Wildman–Crippen LogP) is 1.55. The van der Waals surface area contributed by atoms with Gasteiger partial charge in [0.15, 0.2) is 0 Å². The molecule has 66 valence electrons. The molecule has 2 heteroatoms. The largest absolute Gasteiger partial charge is 0.392 e. The van der Waals surface area contributed by atoms with Gasteiger partial charge in [0.05, 0.1) is 6.61 Å². The summed E-state index contributed by atoms with van der Waals surface area (Å²) in [7, 11) is 4.01. The van der Waals surface area contributed by atoms with Crippen molar-refractivity contribution in [2.45, 2.75) is 13.5 Å². The molecule has 0 saturated carbocycles. The lowest BCUT2D eigenvalue weighted by Gasteiger charge is -2.16. The average molecular weight is 165 g/mol. The molecule has 0 saturated heterocycles. The highest BCUT2D eigenvalue weighted by Crippen LogP contribution is 2.19. The molecule has 0 amide bonds. The third-order valence-corrected chi connectivity index (χ3v) is 1.94. The summed E-state index contributed by atoms with van der Waals surface area (Å²) in [5, 5.41) is 8.92. The number of nitrogens with zero attached hydrogens (tertiary/aromatic N) is 1. The minimum Gasteiger partial charge on any atom is -0.392 e. The average Bonchev–Trinajstić information content (AvgIpc) is 2.05. The molecular weight excluding hydrogens is 150 g/mol. The zero-order valence-corrected chi connectivity index (χ0v) is 7.83. The van der Waals surface area contributed by atoms with Crippen LogP contribution in [0.5, 0.6) is 0 Å². The van der Waals surface area contributed by atoms with E-state index in [1.807, 2.05) is 32.3 Å². The molecule has 12 heavy (non-hydrogen) atoms. The Hall–Kier alpha value is -1.02. The van der Waals surface area contributed by atoms with Crippen molar-refractivity contribution in [2.75, 3.05) is 19.0 Å². The molecule has 1 aromatic rings. The first kappa shape index (κ1) is 9.07. The second kappa shape index (κ2) is 3.59. The standard InChI is InChI=1S/C10H15NO/c1-8-4-5-9(7-12)6-10(8)11(2)3/h4-6,12H,7H2,1-3H3. The van der Waals surface area contributed by atoms with Crippen LogP contribution in [0.3, 0.4) is 0 Å². The van der Waals surface area contributed by atoms with Crippen LogP contribution >= 0.6 is 0 Å². The highest BCUT2D eigenvalue weighted by Gasteiger charge is 2.00. The minimum atomic E-state index is 0.112. The number of benzene rings is 1. The number of aliphatic hydroxyl groups excluding tert-OH is 1. The van der Waals surface area contributed by atoms with E-state index in [0.29, 0.717) is 0 Å². The van der Waals surface area contributed by atoms with Crippen LogP contribution in [0.1, 0.15) is 11.1 Å². The number of aliphatic hydroxyl groups is 1. The van der Waals surface area contributed by atoms with Crippen molar-refractivity contribution in [2.24, 2.45) is 0 Å². The van der Waals surface area contributed by atoms with Crippen molar-refractivity contribution in [1.29, 1.82) is 0 Å². The molecule has 0 aliphatic rings. The second-order valence-corrected chi connectivity index (χ2v) is 3.17. The lowest BCUT2D eigenvalue weighted by atomic mass is 10.1. The van der Waals surface area contributed by atoms with Crippen LogP contribution in [0.4, 0.5) is 5.69 Å². The molecule has 0 aromatic heterocycles. The lowest BCUT2D eigenvalue weighted by Crippen LogP contribution is -2.10. The molecule has 0 fully saturated rings. The fourth-order valence-corrected chi connectivity index (χ4v) is 1.24. The summed E-state index contributed by atoms with van der Waals surface area (Å²) in [5.41, 5.74) is 3.36. The Kier molecular flexibility index (Phi) is 2.71. The van der Waals surface area contributed by atoms with Gasteiger partial charge >= 0.3 is 0 Å². The summed E-state index contributed by atoms with van der Waals surface area (Å²) in [4.78, 5) is 2.05. The molecule has 0 aliphatic carbocycles. The van der Waals surface area contributed by atoms with Crippen LogP contribution < -0.4 is 4.90 Å². The van der Waals surface area contributed by atoms with E-state index in [9.17, 15) is 0 Å². The van der Waals surface area contributed by atoms with E-state index >= 15 is 0 Å². The van der Waals surface area contributed by atoms with Gasteiger partial charge < -0.3 is 10.0 Å². The van der Waals surface area contributed by atoms with Gasteiger partial charge in [-0.05, 0) is 24.1 Å². The Morgan fingerprint density at radius 3 is 2.50 bits per heavy atom. The van der Waals surface area contributed by atoms with Crippen molar-refractivity contribution >= 4 is 5.69 Å². The zero-order valence-electron chi connectivity index (χ0n) is 7.83. The fourth-order valence-electron chi connectivity index (χ4n) is 1.24. The van der Waals surface area contributed by atoms with Gasteiger partial charge in [0.2, 0.25) is 0 Å². The molecule has 0 bridgehead atoms. The van der Waals surface area contributed by atoms with Crippen LogP contribution in [0.25, 0.3) is 0 Å². The molecule has 1 rings (SSSR count). The summed E-state index contributed by atoms with van der Waals surface area (Å²) in [6.07, 6.45) is 0. The van der Waals surface area contributed by atoms with E-state index in [4.69, 9.17) is 5.11 Å². The van der Waals surface area contributed by atoms with E-state index in [0.717, 1.165) is 5.56 Å². The van der Waals surface area contributed by atoms with Crippen molar-refractivity contribution in [3.63, 3.8) is 0 Å². The SMILES string of the molecule is Cc1ccc(CO)cc1N(C)C. The maximum atomic E-state index is 8.92. The van der Waals surface area contributed by atoms with Crippen molar-refractivity contribution in [3.8, 4) is 0 Å². The Bertz CT molecular complexity index is 269. The zero-order chi connectivity index (χ0) is 9.14. The van der Waals surface area contributed by atoms with E-state index in [1.54, 1.807) is 0 Å². The molecule has 1 aromatic carbocycles. The topological polar surface area (TPSA) is 23.5 Å². The van der Waals surface area contributed by atoms with Gasteiger partial charge in [0, 0.05) is 19.8 Å². The highest BCUT2D eigenvalue weighted by atomic mass is 16.3. The van der Waals surface area contributed by atoms with Gasteiger partial charge in [0.25, 0.3) is 0 Å². The minimum absolute atomic E-state index is 0.112. The first-order valence-corrected chi connectivity index (χ1v) is 4.03. The molecule has 2 nitrogen and oxygen atoms in total. The summed E-state index contributed by atoms with van der Waals surface area (Å²) >= 11 is 0. The summed E-state index contributed by atoms with van der Waals surface area (Å²) in [5.74, 6) is 0. The molecule has 0 heterocycles. The first-order chi connectivity index (χ1) is 5.65. The lowest BCUT2D eigenvalue weighted by molar-refractivity contribution is 0.282. The van der Waals surface area contributed by atoms with Crippen LogP contribution in [0.15, 0.2) is 18.2 Å². The van der Waals surface area contributed by atoms with E-state index in [-0.39, 0.29) is 6.61 Å². The fraction of sp³-hybridized carbons (Fsp3) is 0.400. The molecule has 0 spiro atoms. The summed E-state index contributed by atoms with van der Waals surface area (Å²) in [6.45, 7) is 2.18. The number of hydrogen-bond acceptors (Lipinski definition) is 2. The Balaban J connectivity index is 3.08.